The van der Waals surface area contributed by atoms with Crippen molar-refractivity contribution in [2.75, 3.05) is 6.61 Å². The van der Waals surface area contributed by atoms with Crippen LogP contribution >= 0.6 is 0 Å². The molecule has 0 heterocycles. The van der Waals surface area contributed by atoms with Gasteiger partial charge in [0.1, 0.15) is 0 Å². The number of carbonyl (C=O) groups is 3. The first-order valence-electron chi connectivity index (χ1n) is 4.93. The second kappa shape index (κ2) is 12.3. The van der Waals surface area contributed by atoms with Gasteiger partial charge in [-0.3, -0.25) is 20.1 Å². The van der Waals surface area contributed by atoms with Crippen molar-refractivity contribution in [3.05, 3.63) is 0 Å². The molecular formula is C9H18O11. The fraction of sp³-hybridized carbons (Fsp3) is 0.667. The Morgan fingerprint density at radius 2 is 1.25 bits per heavy atom. The van der Waals surface area contributed by atoms with E-state index in [2.05, 4.69) is 0 Å². The highest BCUT2D eigenvalue weighted by Crippen LogP contribution is 2.15. The van der Waals surface area contributed by atoms with Crippen molar-refractivity contribution in [1.82, 2.24) is 0 Å². The standard InChI is InChI=1S/C6H8O7.C3H8O2.H2O2/c7-3(8)1-6(13,5(11)12)2-4(9)10;1-3(5)2-4;1-2/h13H,1-2H2,(H,7,8)(H,9,10)(H,11,12);3-5H,2H2,1H3;1-2H. The number of carboxylic acids is 3. The fourth-order valence-corrected chi connectivity index (χ4v) is 0.714. The summed E-state index contributed by atoms with van der Waals surface area (Å²) in [6.45, 7) is 1.39. The highest BCUT2D eigenvalue weighted by Gasteiger charge is 2.40. The van der Waals surface area contributed by atoms with E-state index in [4.69, 9.17) is 41.2 Å². The molecule has 1 atom stereocenters. The second-order valence-electron chi connectivity index (χ2n) is 3.51. The van der Waals surface area contributed by atoms with Crippen LogP contribution in [0.15, 0.2) is 0 Å². The molecule has 120 valence electrons. The van der Waals surface area contributed by atoms with Gasteiger partial charge in [0, 0.05) is 0 Å². The van der Waals surface area contributed by atoms with E-state index in [1.807, 2.05) is 0 Å². The van der Waals surface area contributed by atoms with Crippen LogP contribution in [0.2, 0.25) is 0 Å². The molecule has 11 nitrogen and oxygen atoms in total. The summed E-state index contributed by atoms with van der Waals surface area (Å²) < 4.78 is 0. The Hall–Kier alpha value is -1.79. The van der Waals surface area contributed by atoms with Crippen molar-refractivity contribution in [2.24, 2.45) is 0 Å². The number of aliphatic carboxylic acids is 3. The van der Waals surface area contributed by atoms with Crippen molar-refractivity contribution in [1.29, 1.82) is 0 Å². The molecule has 0 spiro atoms. The lowest BCUT2D eigenvalue weighted by molar-refractivity contribution is -0.176. The van der Waals surface area contributed by atoms with Crippen molar-refractivity contribution >= 4 is 17.9 Å². The van der Waals surface area contributed by atoms with E-state index in [-0.39, 0.29) is 6.61 Å². The molecule has 0 aromatic carbocycles. The van der Waals surface area contributed by atoms with Crippen LogP contribution in [0.1, 0.15) is 19.8 Å². The quantitative estimate of drug-likeness (QED) is 0.201. The lowest BCUT2D eigenvalue weighted by Gasteiger charge is -2.18. The predicted molar refractivity (Wildman–Crippen MR) is 61.1 cm³/mol. The van der Waals surface area contributed by atoms with Crippen LogP contribution in [0.4, 0.5) is 0 Å². The van der Waals surface area contributed by atoms with Crippen LogP contribution in [-0.4, -0.2) is 77.4 Å². The lowest BCUT2D eigenvalue weighted by Crippen LogP contribution is -2.42. The molecule has 0 aromatic heterocycles. The first kappa shape index (κ1) is 23.3. The number of hydrogen-bond acceptors (Lipinski definition) is 8. The van der Waals surface area contributed by atoms with Gasteiger partial charge in [0.05, 0.1) is 25.6 Å². The van der Waals surface area contributed by atoms with Gasteiger partial charge in [-0.25, -0.2) is 4.79 Å². The average Bonchev–Trinajstić information content (AvgIpc) is 2.30. The van der Waals surface area contributed by atoms with Gasteiger partial charge >= 0.3 is 17.9 Å². The van der Waals surface area contributed by atoms with E-state index >= 15 is 0 Å². The third-order valence-corrected chi connectivity index (χ3v) is 1.55. The number of rotatable bonds is 6. The van der Waals surface area contributed by atoms with Gasteiger partial charge < -0.3 is 30.6 Å². The smallest absolute Gasteiger partial charge is 0.336 e. The Labute approximate surface area is 112 Å². The molecule has 0 aliphatic rings. The third kappa shape index (κ3) is 14.3. The van der Waals surface area contributed by atoms with E-state index in [1.165, 1.54) is 6.92 Å². The van der Waals surface area contributed by atoms with E-state index in [0.29, 0.717) is 0 Å². The molecule has 0 radical (unpaired) electrons. The molecule has 0 aliphatic carbocycles. The molecule has 0 saturated heterocycles. The molecule has 8 N–H and O–H groups in total. The highest BCUT2D eigenvalue weighted by atomic mass is 17.0. The second-order valence-corrected chi connectivity index (χ2v) is 3.51. The number of hydrogen-bond donors (Lipinski definition) is 8. The Bertz CT molecular complexity index is 282. The van der Waals surface area contributed by atoms with Gasteiger partial charge in [-0.15, -0.1) is 0 Å². The Morgan fingerprint density at radius 1 is 1.00 bits per heavy atom. The van der Waals surface area contributed by atoms with E-state index < -0.39 is 42.5 Å². The van der Waals surface area contributed by atoms with Crippen molar-refractivity contribution in [3.8, 4) is 0 Å². The average molecular weight is 302 g/mol. The zero-order valence-corrected chi connectivity index (χ0v) is 10.5. The van der Waals surface area contributed by atoms with Gasteiger partial charge in [0.15, 0.2) is 5.60 Å². The number of carboxylic acid groups (broad SMARTS) is 3. The summed E-state index contributed by atoms with van der Waals surface area (Å²) in [5.41, 5.74) is -2.74. The summed E-state index contributed by atoms with van der Waals surface area (Å²) in [4.78, 5) is 30.5. The number of aliphatic hydroxyl groups excluding tert-OH is 2. The molecule has 0 amide bonds. The monoisotopic (exact) mass is 302 g/mol. The molecule has 0 aromatic rings. The van der Waals surface area contributed by atoms with Crippen LogP contribution < -0.4 is 0 Å². The molecule has 0 bridgehead atoms. The van der Waals surface area contributed by atoms with Crippen LogP contribution in [0, 0.1) is 0 Å². The molecular weight excluding hydrogens is 284 g/mol. The summed E-state index contributed by atoms with van der Waals surface area (Å²) in [7, 11) is 0. The Balaban J connectivity index is -0.000000346. The SMILES string of the molecule is CC(O)CO.O=C(O)CC(O)(CC(=O)O)C(=O)O.OO. The van der Waals surface area contributed by atoms with E-state index in [1.54, 1.807) is 0 Å². The first-order chi connectivity index (χ1) is 9.05. The Morgan fingerprint density at radius 3 is 1.35 bits per heavy atom. The van der Waals surface area contributed by atoms with Gasteiger partial charge in [0.25, 0.3) is 0 Å². The van der Waals surface area contributed by atoms with Crippen LogP contribution in [-0.2, 0) is 14.4 Å². The maximum Gasteiger partial charge on any atom is 0.336 e. The maximum absolute atomic E-state index is 10.3. The normalized spacial score (nSPS) is 11.1. The fourth-order valence-electron chi connectivity index (χ4n) is 0.714. The van der Waals surface area contributed by atoms with E-state index in [0.717, 1.165) is 0 Å². The van der Waals surface area contributed by atoms with Crippen molar-refractivity contribution < 1.29 is 55.5 Å². The topological polar surface area (TPSA) is 213 Å². The summed E-state index contributed by atoms with van der Waals surface area (Å²) in [6, 6.07) is 0. The Kier molecular flexibility index (Phi) is 14.3. The minimum Gasteiger partial charge on any atom is -0.481 e. The molecule has 0 rings (SSSR count). The highest BCUT2D eigenvalue weighted by molar-refractivity contribution is 5.88. The zero-order valence-electron chi connectivity index (χ0n) is 10.5. The summed E-state index contributed by atoms with van der Waals surface area (Å²) >= 11 is 0. The molecule has 0 saturated carbocycles. The molecule has 0 fully saturated rings. The number of aliphatic hydroxyl groups is 3. The lowest BCUT2D eigenvalue weighted by atomic mass is 9.96. The maximum atomic E-state index is 10.3. The van der Waals surface area contributed by atoms with Crippen molar-refractivity contribution in [2.45, 2.75) is 31.5 Å². The summed E-state index contributed by atoms with van der Waals surface area (Å²) in [6.07, 6.45) is -2.85. The molecule has 0 aliphatic heterocycles. The van der Waals surface area contributed by atoms with Gasteiger partial charge in [-0.05, 0) is 6.92 Å². The summed E-state index contributed by atoms with van der Waals surface area (Å²) in [5.74, 6) is -5.02. The largest absolute Gasteiger partial charge is 0.481 e. The van der Waals surface area contributed by atoms with Crippen LogP contribution in [0.3, 0.4) is 0 Å². The van der Waals surface area contributed by atoms with Crippen LogP contribution in [0.5, 0.6) is 0 Å². The molecule has 11 heteroatoms. The van der Waals surface area contributed by atoms with E-state index in [9.17, 15) is 14.4 Å². The minimum atomic E-state index is -2.74. The van der Waals surface area contributed by atoms with Crippen molar-refractivity contribution in [3.63, 3.8) is 0 Å². The minimum absolute atomic E-state index is 0.139. The molecule has 20 heavy (non-hydrogen) atoms. The predicted octanol–water partition coefficient (Wildman–Crippen LogP) is -1.87. The van der Waals surface area contributed by atoms with Crippen LogP contribution in [0.25, 0.3) is 0 Å². The van der Waals surface area contributed by atoms with Gasteiger partial charge in [-0.1, -0.05) is 0 Å². The molecule has 1 unspecified atom stereocenters. The summed E-state index contributed by atoms with van der Waals surface area (Å²) in [5, 5.41) is 61.8. The zero-order chi connectivity index (χ0) is 16.9. The first-order valence-corrected chi connectivity index (χ1v) is 4.93. The van der Waals surface area contributed by atoms with Gasteiger partial charge in [0.2, 0.25) is 0 Å². The van der Waals surface area contributed by atoms with Gasteiger partial charge in [-0.2, -0.15) is 0 Å². The third-order valence-electron chi connectivity index (χ3n) is 1.55.